The van der Waals surface area contributed by atoms with Crippen molar-refractivity contribution >= 4 is 56.4 Å². The minimum Gasteiger partial charge on any atom is -0.493 e. The van der Waals surface area contributed by atoms with Gasteiger partial charge in [-0.3, -0.25) is 0 Å². The predicted octanol–water partition coefficient (Wildman–Crippen LogP) is 11.4. The van der Waals surface area contributed by atoms with E-state index < -0.39 is 0 Å². The van der Waals surface area contributed by atoms with Gasteiger partial charge >= 0.3 is 0 Å². The molecule has 9 nitrogen and oxygen atoms in total. The first-order valence-corrected chi connectivity index (χ1v) is 18.7. The first-order valence-electron chi connectivity index (χ1n) is 18.4. The van der Waals surface area contributed by atoms with Crippen LogP contribution in [0.4, 0.5) is 27.4 Å². The summed E-state index contributed by atoms with van der Waals surface area (Å²) >= 11 is 6.53. The minimum atomic E-state index is -0.342. The summed E-state index contributed by atoms with van der Waals surface area (Å²) in [5.74, 6) is 3.29. The Morgan fingerprint density at radius 1 is 0.614 bits per heavy atom. The number of aromatic nitrogens is 4. The Balaban J connectivity index is 1.04. The zero-order valence-corrected chi connectivity index (χ0v) is 32.5. The van der Waals surface area contributed by atoms with Gasteiger partial charge in [0.2, 0.25) is 5.75 Å². The van der Waals surface area contributed by atoms with Crippen LogP contribution in [0, 0.1) is 19.7 Å². The summed E-state index contributed by atoms with van der Waals surface area (Å²) in [5.41, 5.74) is 7.51. The molecule has 0 aliphatic rings. The van der Waals surface area contributed by atoms with Gasteiger partial charge in [-0.2, -0.15) is 0 Å². The Hall–Kier alpha value is -6.78. The van der Waals surface area contributed by atoms with E-state index in [9.17, 15) is 4.39 Å². The topological polar surface area (TPSA) is 103 Å². The minimum absolute atomic E-state index is 0.342. The number of fused-ring (bicyclic) bond motifs is 2. The molecular weight excluding hydrogens is 739 g/mol. The monoisotopic (exact) mass is 776 g/mol. The molecular formula is C46H38ClFN6O3. The van der Waals surface area contributed by atoms with Gasteiger partial charge in [-0.15, -0.1) is 0 Å². The van der Waals surface area contributed by atoms with Crippen LogP contribution in [0.25, 0.3) is 44.6 Å². The van der Waals surface area contributed by atoms with Gasteiger partial charge in [0.15, 0.2) is 23.1 Å². The van der Waals surface area contributed by atoms with Crippen LogP contribution in [0.3, 0.4) is 0 Å². The largest absolute Gasteiger partial charge is 0.493 e. The van der Waals surface area contributed by atoms with Crippen molar-refractivity contribution in [3.8, 4) is 40.0 Å². The van der Waals surface area contributed by atoms with Gasteiger partial charge in [0.1, 0.15) is 17.5 Å². The van der Waals surface area contributed by atoms with E-state index in [2.05, 4.69) is 35.8 Å². The Kier molecular flexibility index (Phi) is 10.5. The molecule has 8 rings (SSSR count). The fourth-order valence-corrected chi connectivity index (χ4v) is 6.91. The highest BCUT2D eigenvalue weighted by atomic mass is 35.5. The average Bonchev–Trinajstić information content (AvgIpc) is 3.22. The van der Waals surface area contributed by atoms with Crippen molar-refractivity contribution in [3.05, 3.63) is 149 Å². The maximum atomic E-state index is 14.2. The van der Waals surface area contributed by atoms with Crippen molar-refractivity contribution < 1.29 is 18.6 Å². The highest BCUT2D eigenvalue weighted by Crippen LogP contribution is 2.42. The standard InChI is InChI=1S/C46H38ClFN6O3/c1-27-17-19-31(48)26-39(27)52-46-33-12-6-9-15-37(33)50-43(53-46)30-24-40(55-3)42(56-4)41(25-30)57-22-21-29-18-20-36(28(2)23-29)49-45-34-13-7-10-16-38(34)51-44(54-45)32-11-5-8-14-35(32)47/h5-20,23-26H,21-22H2,1-4H3,(H,49,51,54)(H,50,52,53). The molecule has 0 radical (unpaired) electrons. The van der Waals surface area contributed by atoms with Crippen molar-refractivity contribution in [3.63, 3.8) is 0 Å². The summed E-state index contributed by atoms with van der Waals surface area (Å²) in [7, 11) is 3.15. The number of anilines is 4. The number of hydrogen-bond acceptors (Lipinski definition) is 9. The van der Waals surface area contributed by atoms with Crippen LogP contribution in [-0.2, 0) is 6.42 Å². The van der Waals surface area contributed by atoms with Crippen LogP contribution in [0.15, 0.2) is 121 Å². The van der Waals surface area contributed by atoms with Crippen molar-refractivity contribution in [2.24, 2.45) is 0 Å². The number of nitrogens with zero attached hydrogens (tertiary/aromatic N) is 4. The number of benzene rings is 6. The van der Waals surface area contributed by atoms with E-state index in [1.165, 1.54) is 12.1 Å². The molecule has 0 saturated carbocycles. The van der Waals surface area contributed by atoms with E-state index in [0.717, 1.165) is 49.7 Å². The van der Waals surface area contributed by atoms with Gasteiger partial charge in [-0.05, 0) is 97.3 Å². The number of hydrogen-bond donors (Lipinski definition) is 2. The third kappa shape index (κ3) is 7.85. The lowest BCUT2D eigenvalue weighted by atomic mass is 10.1. The maximum Gasteiger partial charge on any atom is 0.203 e. The number of methoxy groups -OCH3 is 2. The molecule has 0 saturated heterocycles. The molecule has 0 amide bonds. The van der Waals surface area contributed by atoms with Crippen molar-refractivity contribution in [2.75, 3.05) is 31.5 Å². The summed E-state index contributed by atoms with van der Waals surface area (Å²) in [6.07, 6.45) is 0.622. The van der Waals surface area contributed by atoms with Crippen LogP contribution in [-0.4, -0.2) is 40.8 Å². The van der Waals surface area contributed by atoms with Gasteiger partial charge < -0.3 is 24.8 Å². The third-order valence-electron chi connectivity index (χ3n) is 9.67. The van der Waals surface area contributed by atoms with E-state index >= 15 is 0 Å². The fraction of sp³-hybridized carbons (Fsp3) is 0.130. The predicted molar refractivity (Wildman–Crippen MR) is 226 cm³/mol. The van der Waals surface area contributed by atoms with E-state index in [1.807, 2.05) is 91.9 Å². The normalized spacial score (nSPS) is 11.1. The molecule has 0 atom stereocenters. The van der Waals surface area contributed by atoms with E-state index in [1.54, 1.807) is 20.3 Å². The number of aryl methyl sites for hydroxylation is 2. The molecule has 0 aliphatic carbocycles. The maximum absolute atomic E-state index is 14.2. The SMILES string of the molecule is COc1cc(-c2nc(Nc3cc(F)ccc3C)c3ccccc3n2)cc(OCCc2ccc(Nc3nc(-c4ccccc4Cl)nc4ccccc34)c(C)c2)c1OC. The molecule has 8 aromatic rings. The molecule has 11 heteroatoms. The molecule has 0 unspecified atom stereocenters. The van der Waals surface area contributed by atoms with Crippen molar-refractivity contribution in [2.45, 2.75) is 20.3 Å². The number of rotatable bonds is 12. The van der Waals surface area contributed by atoms with Crippen LogP contribution < -0.4 is 24.8 Å². The highest BCUT2D eigenvalue weighted by molar-refractivity contribution is 6.33. The molecule has 2 N–H and O–H groups in total. The summed E-state index contributed by atoms with van der Waals surface area (Å²) < 4.78 is 32.1. The van der Waals surface area contributed by atoms with Gasteiger partial charge in [-0.1, -0.05) is 66.2 Å². The number of halogens is 2. The van der Waals surface area contributed by atoms with E-state index in [-0.39, 0.29) is 5.82 Å². The third-order valence-corrected chi connectivity index (χ3v) is 10.00. The lowest BCUT2D eigenvalue weighted by Crippen LogP contribution is -2.05. The Bertz CT molecular complexity index is 2780. The lowest BCUT2D eigenvalue weighted by Gasteiger charge is -2.17. The zero-order chi connectivity index (χ0) is 39.5. The number of nitrogens with one attached hydrogen (secondary N) is 2. The van der Waals surface area contributed by atoms with Gasteiger partial charge in [0.25, 0.3) is 0 Å². The first kappa shape index (κ1) is 37.2. The lowest BCUT2D eigenvalue weighted by molar-refractivity contribution is 0.287. The molecule has 0 fully saturated rings. The Morgan fingerprint density at radius 2 is 1.26 bits per heavy atom. The highest BCUT2D eigenvalue weighted by Gasteiger charge is 2.19. The van der Waals surface area contributed by atoms with Crippen molar-refractivity contribution in [1.82, 2.24) is 19.9 Å². The molecule has 0 bridgehead atoms. The molecule has 0 spiro atoms. The summed E-state index contributed by atoms with van der Waals surface area (Å²) in [6.45, 7) is 4.33. The van der Waals surface area contributed by atoms with Crippen LogP contribution in [0.2, 0.25) is 5.02 Å². The molecule has 0 aliphatic heterocycles. The zero-order valence-electron chi connectivity index (χ0n) is 31.7. The second-order valence-corrected chi connectivity index (χ2v) is 13.9. The first-order chi connectivity index (χ1) is 27.8. The summed E-state index contributed by atoms with van der Waals surface area (Å²) in [4.78, 5) is 19.5. The smallest absolute Gasteiger partial charge is 0.203 e. The molecule has 284 valence electrons. The quantitative estimate of drug-likeness (QED) is 0.125. The Morgan fingerprint density at radius 3 is 1.96 bits per heavy atom. The molecule has 2 heterocycles. The van der Waals surface area contributed by atoms with Crippen LogP contribution in [0.1, 0.15) is 16.7 Å². The van der Waals surface area contributed by atoms with Gasteiger partial charge in [-0.25, -0.2) is 24.3 Å². The van der Waals surface area contributed by atoms with E-state index in [0.29, 0.717) is 69.8 Å². The van der Waals surface area contributed by atoms with Crippen molar-refractivity contribution in [1.29, 1.82) is 0 Å². The molecule has 57 heavy (non-hydrogen) atoms. The van der Waals surface area contributed by atoms with Crippen LogP contribution >= 0.6 is 11.6 Å². The van der Waals surface area contributed by atoms with Gasteiger partial charge in [0.05, 0.1) is 36.9 Å². The second-order valence-electron chi connectivity index (χ2n) is 13.5. The molecule has 2 aromatic heterocycles. The fourth-order valence-electron chi connectivity index (χ4n) is 6.69. The summed E-state index contributed by atoms with van der Waals surface area (Å²) in [6, 6.07) is 37.7. The number of para-hydroxylation sites is 2. The molecule has 6 aromatic carbocycles. The van der Waals surface area contributed by atoms with Gasteiger partial charge in [0, 0.05) is 39.7 Å². The second kappa shape index (κ2) is 16.1. The summed E-state index contributed by atoms with van der Waals surface area (Å²) in [5, 5.41) is 9.17. The van der Waals surface area contributed by atoms with Crippen LogP contribution in [0.5, 0.6) is 17.2 Å². The Labute approximate surface area is 334 Å². The van der Waals surface area contributed by atoms with E-state index in [4.69, 9.17) is 45.7 Å². The average molecular weight is 777 g/mol. The number of ether oxygens (including phenoxy) is 3.